The Labute approximate surface area is 135 Å². The van der Waals surface area contributed by atoms with Gasteiger partial charge < -0.3 is 4.74 Å². The number of benzene rings is 1. The second kappa shape index (κ2) is 6.28. The largest absolute Gasteiger partial charge is 0.375 e. The lowest BCUT2D eigenvalue weighted by molar-refractivity contribution is -0.111. The fourth-order valence-electron chi connectivity index (χ4n) is 3.71. The van der Waals surface area contributed by atoms with Crippen molar-refractivity contribution < 1.29 is 9.53 Å². The normalized spacial score (nSPS) is 25.0. The molecule has 21 heavy (non-hydrogen) atoms. The van der Waals surface area contributed by atoms with E-state index in [9.17, 15) is 4.79 Å². The molecule has 0 N–H and O–H groups in total. The lowest BCUT2D eigenvalue weighted by atomic mass is 9.74. The molecule has 1 heterocycles. The maximum Gasteiger partial charge on any atom is 0.167 e. The summed E-state index contributed by atoms with van der Waals surface area (Å²) in [6, 6.07) is 5.12. The second-order valence-electron chi connectivity index (χ2n) is 6.27. The molecule has 0 amide bonds. The quantitative estimate of drug-likeness (QED) is 0.689. The molecule has 1 atom stereocenters. The number of Topliss-reactive ketones (excluding diaryl/α,β-unsaturated/α-hetero) is 1. The van der Waals surface area contributed by atoms with Crippen LogP contribution in [0.2, 0.25) is 10.0 Å². The number of ketones is 1. The lowest BCUT2D eigenvalue weighted by Crippen LogP contribution is -2.43. The van der Waals surface area contributed by atoms with Gasteiger partial charge in [-0.05, 0) is 43.9 Å². The summed E-state index contributed by atoms with van der Waals surface area (Å²) in [5.41, 5.74) is 0.536. The summed E-state index contributed by atoms with van der Waals surface area (Å²) in [5, 5.41) is 1.02. The SMILES string of the molecule is O=C(c1ccc(Cl)cc1Cl)C1CCOC2(CCCCC2)C1. The van der Waals surface area contributed by atoms with Gasteiger partial charge in [-0.2, -0.15) is 0 Å². The third-order valence-electron chi connectivity index (χ3n) is 4.83. The first-order chi connectivity index (χ1) is 10.1. The zero-order valence-corrected chi connectivity index (χ0v) is 13.6. The molecule has 2 aliphatic rings. The van der Waals surface area contributed by atoms with Gasteiger partial charge in [-0.3, -0.25) is 4.79 Å². The zero-order chi connectivity index (χ0) is 14.9. The molecule has 0 bridgehead atoms. The maximum absolute atomic E-state index is 12.8. The van der Waals surface area contributed by atoms with E-state index < -0.39 is 0 Å². The van der Waals surface area contributed by atoms with Crippen LogP contribution in [0.5, 0.6) is 0 Å². The number of halogens is 2. The molecule has 1 saturated carbocycles. The third-order valence-corrected chi connectivity index (χ3v) is 5.37. The maximum atomic E-state index is 12.8. The van der Waals surface area contributed by atoms with Crippen molar-refractivity contribution in [3.63, 3.8) is 0 Å². The van der Waals surface area contributed by atoms with Crippen LogP contribution in [0.1, 0.15) is 55.3 Å². The summed E-state index contributed by atoms with van der Waals surface area (Å²) in [5.74, 6) is 0.167. The molecule has 2 nitrogen and oxygen atoms in total. The summed E-state index contributed by atoms with van der Waals surface area (Å²) < 4.78 is 6.07. The Bertz CT molecular complexity index is 530. The van der Waals surface area contributed by atoms with E-state index in [0.29, 0.717) is 22.2 Å². The summed E-state index contributed by atoms with van der Waals surface area (Å²) in [6.45, 7) is 0.682. The molecular formula is C17H20Cl2O2. The molecule has 1 saturated heterocycles. The van der Waals surface area contributed by atoms with Crippen LogP contribution >= 0.6 is 23.2 Å². The molecule has 1 spiro atoms. The van der Waals surface area contributed by atoms with Crippen LogP contribution in [-0.4, -0.2) is 18.0 Å². The van der Waals surface area contributed by atoms with Gasteiger partial charge >= 0.3 is 0 Å². The second-order valence-corrected chi connectivity index (χ2v) is 7.11. The van der Waals surface area contributed by atoms with Gasteiger partial charge in [0.15, 0.2) is 5.78 Å². The van der Waals surface area contributed by atoms with Crippen molar-refractivity contribution in [3.8, 4) is 0 Å². The van der Waals surface area contributed by atoms with Crippen molar-refractivity contribution in [2.45, 2.75) is 50.5 Å². The summed E-state index contributed by atoms with van der Waals surface area (Å²) in [7, 11) is 0. The van der Waals surface area contributed by atoms with Gasteiger partial charge in [0.05, 0.1) is 10.6 Å². The third kappa shape index (κ3) is 3.28. The van der Waals surface area contributed by atoms with Crippen LogP contribution in [0, 0.1) is 5.92 Å². The molecule has 4 heteroatoms. The minimum absolute atomic E-state index is 0.0236. The van der Waals surface area contributed by atoms with Gasteiger partial charge in [-0.25, -0.2) is 0 Å². The molecule has 2 fully saturated rings. The molecule has 3 rings (SSSR count). The predicted octanol–water partition coefficient (Wildman–Crippen LogP) is 5.31. The Morgan fingerprint density at radius 3 is 2.67 bits per heavy atom. The highest BCUT2D eigenvalue weighted by Gasteiger charge is 2.41. The predicted molar refractivity (Wildman–Crippen MR) is 85.3 cm³/mol. The van der Waals surface area contributed by atoms with Gasteiger partial charge in [0.1, 0.15) is 0 Å². The summed E-state index contributed by atoms with van der Waals surface area (Å²) in [4.78, 5) is 12.8. The van der Waals surface area contributed by atoms with E-state index in [-0.39, 0.29) is 17.3 Å². The van der Waals surface area contributed by atoms with Gasteiger partial charge in [0.2, 0.25) is 0 Å². The topological polar surface area (TPSA) is 26.3 Å². The van der Waals surface area contributed by atoms with E-state index >= 15 is 0 Å². The van der Waals surface area contributed by atoms with Crippen molar-refractivity contribution in [3.05, 3.63) is 33.8 Å². The molecule has 1 aromatic carbocycles. The van der Waals surface area contributed by atoms with E-state index in [0.717, 1.165) is 25.7 Å². The average Bonchev–Trinajstić information content (AvgIpc) is 2.47. The van der Waals surface area contributed by atoms with Crippen LogP contribution in [-0.2, 0) is 4.74 Å². The Morgan fingerprint density at radius 1 is 1.19 bits per heavy atom. The van der Waals surface area contributed by atoms with E-state index in [1.807, 2.05) is 0 Å². The van der Waals surface area contributed by atoms with Crippen LogP contribution in [0.15, 0.2) is 18.2 Å². The van der Waals surface area contributed by atoms with Crippen LogP contribution in [0.25, 0.3) is 0 Å². The number of hydrogen-bond donors (Lipinski definition) is 0. The first-order valence-corrected chi connectivity index (χ1v) is 8.48. The number of carbonyl (C=O) groups is 1. The fraction of sp³-hybridized carbons (Fsp3) is 0.588. The van der Waals surface area contributed by atoms with Crippen molar-refractivity contribution in [1.82, 2.24) is 0 Å². The standard InChI is InChI=1S/C17H20Cl2O2/c18-13-4-5-14(15(19)10-13)16(20)12-6-9-21-17(11-12)7-2-1-3-8-17/h4-5,10,12H,1-3,6-9,11H2. The van der Waals surface area contributed by atoms with Crippen LogP contribution in [0.3, 0.4) is 0 Å². The number of carbonyl (C=O) groups excluding carboxylic acids is 1. The number of hydrogen-bond acceptors (Lipinski definition) is 2. The van der Waals surface area contributed by atoms with Gasteiger partial charge in [0.25, 0.3) is 0 Å². The van der Waals surface area contributed by atoms with E-state index in [1.54, 1.807) is 18.2 Å². The first-order valence-electron chi connectivity index (χ1n) is 7.73. The fourth-order valence-corrected chi connectivity index (χ4v) is 4.21. The molecule has 1 aliphatic carbocycles. The first kappa shape index (κ1) is 15.3. The molecule has 1 unspecified atom stereocenters. The smallest absolute Gasteiger partial charge is 0.167 e. The van der Waals surface area contributed by atoms with E-state index in [1.165, 1.54) is 19.3 Å². The average molecular weight is 327 g/mol. The number of ether oxygens (including phenoxy) is 1. The zero-order valence-electron chi connectivity index (χ0n) is 12.0. The van der Waals surface area contributed by atoms with E-state index in [2.05, 4.69) is 0 Å². The van der Waals surface area contributed by atoms with Crippen molar-refractivity contribution in [2.75, 3.05) is 6.61 Å². The highest BCUT2D eigenvalue weighted by molar-refractivity contribution is 6.36. The van der Waals surface area contributed by atoms with Crippen molar-refractivity contribution in [2.24, 2.45) is 5.92 Å². The summed E-state index contributed by atoms with van der Waals surface area (Å²) >= 11 is 12.1. The minimum Gasteiger partial charge on any atom is -0.375 e. The molecule has 114 valence electrons. The highest BCUT2D eigenvalue weighted by Crippen LogP contribution is 2.42. The Kier molecular flexibility index (Phi) is 4.58. The highest BCUT2D eigenvalue weighted by atomic mass is 35.5. The van der Waals surface area contributed by atoms with Crippen molar-refractivity contribution >= 4 is 29.0 Å². The molecule has 1 aromatic rings. The molecular weight excluding hydrogens is 307 g/mol. The summed E-state index contributed by atoms with van der Waals surface area (Å²) in [6.07, 6.45) is 7.51. The molecule has 0 radical (unpaired) electrons. The van der Waals surface area contributed by atoms with Gasteiger partial charge in [-0.1, -0.05) is 42.5 Å². The van der Waals surface area contributed by atoms with E-state index in [4.69, 9.17) is 27.9 Å². The molecule has 1 aliphatic heterocycles. The monoisotopic (exact) mass is 326 g/mol. The van der Waals surface area contributed by atoms with Crippen molar-refractivity contribution in [1.29, 1.82) is 0 Å². The van der Waals surface area contributed by atoms with Crippen LogP contribution < -0.4 is 0 Å². The lowest BCUT2D eigenvalue weighted by Gasteiger charge is -2.43. The Balaban J connectivity index is 1.77. The van der Waals surface area contributed by atoms with Gasteiger partial charge in [-0.15, -0.1) is 0 Å². The minimum atomic E-state index is -0.0598. The Hall–Kier alpha value is -0.570. The molecule has 0 aromatic heterocycles. The van der Waals surface area contributed by atoms with Gasteiger partial charge in [0, 0.05) is 23.1 Å². The van der Waals surface area contributed by atoms with Crippen LogP contribution in [0.4, 0.5) is 0 Å². The number of rotatable bonds is 2. The Morgan fingerprint density at radius 2 is 1.95 bits per heavy atom.